The Morgan fingerprint density at radius 1 is 1.44 bits per heavy atom. The minimum absolute atomic E-state index is 0.0578. The van der Waals surface area contributed by atoms with Crippen LogP contribution in [-0.4, -0.2) is 41.1 Å². The lowest BCUT2D eigenvalue weighted by Crippen LogP contribution is -2.50. The molecule has 0 aliphatic carbocycles. The molecule has 2 atom stereocenters. The monoisotopic (exact) mass is 248 g/mol. The molecular weight excluding hydrogens is 228 g/mol. The molecule has 1 aliphatic heterocycles. The third kappa shape index (κ3) is 3.31. The van der Waals surface area contributed by atoms with E-state index in [4.69, 9.17) is 5.73 Å². The van der Waals surface area contributed by atoms with Gasteiger partial charge in [-0.1, -0.05) is 30.3 Å². The molecule has 1 aliphatic rings. The largest absolute Gasteiger partial charge is 0.391 e. The zero-order valence-corrected chi connectivity index (χ0v) is 10.5. The molecule has 2 rings (SSSR count). The number of nitrogens with zero attached hydrogens (tertiary/aromatic N) is 1. The van der Waals surface area contributed by atoms with Gasteiger partial charge in [0.05, 0.1) is 12.1 Å². The van der Waals surface area contributed by atoms with E-state index in [0.717, 1.165) is 18.4 Å². The van der Waals surface area contributed by atoms with Gasteiger partial charge in [-0.25, -0.2) is 0 Å². The minimum Gasteiger partial charge on any atom is -0.391 e. The van der Waals surface area contributed by atoms with Crippen LogP contribution >= 0.6 is 0 Å². The second-order valence-electron chi connectivity index (χ2n) is 4.88. The van der Waals surface area contributed by atoms with E-state index >= 15 is 0 Å². The fourth-order valence-corrected chi connectivity index (χ4v) is 2.34. The maximum absolute atomic E-state index is 12.1. The Kier molecular flexibility index (Phi) is 4.33. The van der Waals surface area contributed by atoms with Gasteiger partial charge in [0.15, 0.2) is 0 Å². The van der Waals surface area contributed by atoms with Crippen molar-refractivity contribution in [3.63, 3.8) is 0 Å². The molecular formula is C14H20N2O2. The van der Waals surface area contributed by atoms with E-state index in [0.29, 0.717) is 19.5 Å². The Morgan fingerprint density at radius 3 is 2.83 bits per heavy atom. The Labute approximate surface area is 107 Å². The third-order valence-corrected chi connectivity index (χ3v) is 3.32. The topological polar surface area (TPSA) is 66.6 Å². The highest BCUT2D eigenvalue weighted by molar-refractivity contribution is 5.82. The first kappa shape index (κ1) is 13.1. The molecule has 1 amide bonds. The number of nitrogens with two attached hydrogens (primary N) is 1. The van der Waals surface area contributed by atoms with Crippen molar-refractivity contribution in [1.82, 2.24) is 4.90 Å². The summed E-state index contributed by atoms with van der Waals surface area (Å²) in [6.07, 6.45) is 1.78. The predicted octanol–water partition coefficient (Wildman–Crippen LogP) is 0.540. The molecule has 1 aromatic rings. The number of aliphatic hydroxyl groups is 1. The molecule has 1 heterocycles. The van der Waals surface area contributed by atoms with Gasteiger partial charge in [-0.05, 0) is 24.8 Å². The van der Waals surface area contributed by atoms with Gasteiger partial charge in [0.2, 0.25) is 5.91 Å². The van der Waals surface area contributed by atoms with Gasteiger partial charge in [0, 0.05) is 13.1 Å². The lowest BCUT2D eigenvalue weighted by Gasteiger charge is -2.32. The van der Waals surface area contributed by atoms with Crippen LogP contribution < -0.4 is 5.73 Å². The van der Waals surface area contributed by atoms with E-state index < -0.39 is 12.1 Å². The molecule has 0 aromatic heterocycles. The molecule has 1 saturated heterocycles. The number of likely N-dealkylation sites (tertiary alicyclic amines) is 1. The first-order valence-corrected chi connectivity index (χ1v) is 6.43. The molecule has 0 bridgehead atoms. The standard InChI is InChI=1S/C14H20N2O2/c15-13(9-11-5-2-1-3-6-11)14(18)16-8-4-7-12(17)10-16/h1-3,5-6,12-13,17H,4,7-10,15H2/t12-,13?/m0/s1. The summed E-state index contributed by atoms with van der Waals surface area (Å²) in [4.78, 5) is 13.8. The van der Waals surface area contributed by atoms with Crippen molar-refractivity contribution in [2.45, 2.75) is 31.4 Å². The molecule has 4 nitrogen and oxygen atoms in total. The van der Waals surface area contributed by atoms with Gasteiger partial charge in [-0.3, -0.25) is 4.79 Å². The van der Waals surface area contributed by atoms with Crippen LogP contribution in [0.5, 0.6) is 0 Å². The van der Waals surface area contributed by atoms with Crippen molar-refractivity contribution in [1.29, 1.82) is 0 Å². The summed E-state index contributed by atoms with van der Waals surface area (Å²) < 4.78 is 0. The van der Waals surface area contributed by atoms with Crippen LogP contribution in [0.4, 0.5) is 0 Å². The zero-order valence-electron chi connectivity index (χ0n) is 10.5. The first-order chi connectivity index (χ1) is 8.66. The Morgan fingerprint density at radius 2 is 2.17 bits per heavy atom. The van der Waals surface area contributed by atoms with Crippen molar-refractivity contribution in [3.8, 4) is 0 Å². The van der Waals surface area contributed by atoms with E-state index in [2.05, 4.69) is 0 Å². The SMILES string of the molecule is NC(Cc1ccccc1)C(=O)N1CCC[C@H](O)C1. The van der Waals surface area contributed by atoms with Crippen LogP contribution in [-0.2, 0) is 11.2 Å². The van der Waals surface area contributed by atoms with Gasteiger partial charge in [-0.2, -0.15) is 0 Å². The number of piperidine rings is 1. The fraction of sp³-hybridized carbons (Fsp3) is 0.500. The zero-order chi connectivity index (χ0) is 13.0. The molecule has 98 valence electrons. The summed E-state index contributed by atoms with van der Waals surface area (Å²) in [5.74, 6) is -0.0578. The number of aliphatic hydroxyl groups excluding tert-OH is 1. The van der Waals surface area contributed by atoms with Crippen molar-refractivity contribution >= 4 is 5.91 Å². The second-order valence-corrected chi connectivity index (χ2v) is 4.88. The number of amides is 1. The normalized spacial score (nSPS) is 21.7. The molecule has 0 saturated carbocycles. The summed E-state index contributed by atoms with van der Waals surface area (Å²) in [7, 11) is 0. The number of β-amino-alcohol motifs (C(OH)–C–C–N with tert-alkyl or cyclic N) is 1. The van der Waals surface area contributed by atoms with Crippen LogP contribution in [0.3, 0.4) is 0 Å². The van der Waals surface area contributed by atoms with Crippen LogP contribution in [0.15, 0.2) is 30.3 Å². The highest BCUT2D eigenvalue weighted by atomic mass is 16.3. The Bertz CT molecular complexity index is 394. The number of benzene rings is 1. The molecule has 0 radical (unpaired) electrons. The van der Waals surface area contributed by atoms with Gasteiger partial charge in [0.1, 0.15) is 0 Å². The van der Waals surface area contributed by atoms with Crippen LogP contribution in [0.1, 0.15) is 18.4 Å². The highest BCUT2D eigenvalue weighted by Crippen LogP contribution is 2.12. The molecule has 1 fully saturated rings. The van der Waals surface area contributed by atoms with Crippen molar-refractivity contribution in [3.05, 3.63) is 35.9 Å². The molecule has 18 heavy (non-hydrogen) atoms. The fourth-order valence-electron chi connectivity index (χ4n) is 2.34. The lowest BCUT2D eigenvalue weighted by molar-refractivity contribution is -0.135. The van der Waals surface area contributed by atoms with Gasteiger partial charge in [0.25, 0.3) is 0 Å². The number of hydrogen-bond donors (Lipinski definition) is 2. The van der Waals surface area contributed by atoms with Gasteiger partial charge in [-0.15, -0.1) is 0 Å². The number of carbonyl (C=O) groups is 1. The molecule has 3 N–H and O–H groups in total. The number of rotatable bonds is 3. The maximum atomic E-state index is 12.1. The van der Waals surface area contributed by atoms with Crippen LogP contribution in [0.2, 0.25) is 0 Å². The number of hydrogen-bond acceptors (Lipinski definition) is 3. The van der Waals surface area contributed by atoms with E-state index in [1.807, 2.05) is 30.3 Å². The van der Waals surface area contributed by atoms with Crippen molar-refractivity contribution in [2.24, 2.45) is 5.73 Å². The highest BCUT2D eigenvalue weighted by Gasteiger charge is 2.25. The van der Waals surface area contributed by atoms with E-state index in [-0.39, 0.29) is 5.91 Å². The average Bonchev–Trinajstić information content (AvgIpc) is 2.39. The summed E-state index contributed by atoms with van der Waals surface area (Å²) >= 11 is 0. The van der Waals surface area contributed by atoms with Gasteiger partial charge >= 0.3 is 0 Å². The molecule has 4 heteroatoms. The summed E-state index contributed by atoms with van der Waals surface area (Å²) in [6.45, 7) is 1.12. The number of carbonyl (C=O) groups excluding carboxylic acids is 1. The smallest absolute Gasteiger partial charge is 0.239 e. The average molecular weight is 248 g/mol. The molecule has 0 spiro atoms. The van der Waals surface area contributed by atoms with Crippen molar-refractivity contribution < 1.29 is 9.90 Å². The van der Waals surface area contributed by atoms with Gasteiger partial charge < -0.3 is 15.7 Å². The first-order valence-electron chi connectivity index (χ1n) is 6.43. The molecule has 1 unspecified atom stereocenters. The Hall–Kier alpha value is -1.39. The maximum Gasteiger partial charge on any atom is 0.239 e. The lowest BCUT2D eigenvalue weighted by atomic mass is 10.0. The van der Waals surface area contributed by atoms with Crippen LogP contribution in [0, 0.1) is 0 Å². The predicted molar refractivity (Wildman–Crippen MR) is 69.9 cm³/mol. The van der Waals surface area contributed by atoms with E-state index in [9.17, 15) is 9.90 Å². The van der Waals surface area contributed by atoms with E-state index in [1.165, 1.54) is 0 Å². The van der Waals surface area contributed by atoms with E-state index in [1.54, 1.807) is 4.90 Å². The third-order valence-electron chi connectivity index (χ3n) is 3.32. The second kappa shape index (κ2) is 5.98. The Balaban J connectivity index is 1.92. The quantitative estimate of drug-likeness (QED) is 0.820. The minimum atomic E-state index is -0.516. The summed E-state index contributed by atoms with van der Waals surface area (Å²) in [5, 5.41) is 9.57. The summed E-state index contributed by atoms with van der Waals surface area (Å²) in [6, 6.07) is 9.25. The molecule has 1 aromatic carbocycles. The summed E-state index contributed by atoms with van der Waals surface area (Å²) in [5.41, 5.74) is 7.02. The van der Waals surface area contributed by atoms with Crippen molar-refractivity contribution in [2.75, 3.05) is 13.1 Å². The van der Waals surface area contributed by atoms with Crippen LogP contribution in [0.25, 0.3) is 0 Å².